The molecule has 1 unspecified atom stereocenters. The fraction of sp³-hybridized carbons (Fsp3) is 0.250. The largest absolute Gasteiger partial charge is 0.366 e. The van der Waals surface area contributed by atoms with Crippen LogP contribution in [0.25, 0.3) is 5.95 Å². The highest BCUT2D eigenvalue weighted by Gasteiger charge is 2.28. The van der Waals surface area contributed by atoms with Gasteiger partial charge in [-0.1, -0.05) is 24.3 Å². The molecule has 0 fully saturated rings. The van der Waals surface area contributed by atoms with Gasteiger partial charge in [0.25, 0.3) is 5.95 Å². The van der Waals surface area contributed by atoms with Crippen LogP contribution in [0.4, 0.5) is 5.95 Å². The quantitative estimate of drug-likeness (QED) is 0.793. The predicted molar refractivity (Wildman–Crippen MR) is 85.5 cm³/mol. The van der Waals surface area contributed by atoms with Crippen LogP contribution in [0, 0.1) is 0 Å². The van der Waals surface area contributed by atoms with E-state index in [1.54, 1.807) is 23.1 Å². The highest BCUT2D eigenvalue weighted by molar-refractivity contribution is 5.31. The molecule has 1 aromatic carbocycles. The van der Waals surface area contributed by atoms with Crippen LogP contribution in [-0.4, -0.2) is 29.6 Å². The number of aromatic nitrogens is 5. The van der Waals surface area contributed by atoms with Gasteiger partial charge in [0.05, 0.1) is 6.04 Å². The molecule has 0 radical (unpaired) electrons. The van der Waals surface area contributed by atoms with E-state index in [1.807, 2.05) is 0 Å². The van der Waals surface area contributed by atoms with E-state index in [9.17, 15) is 0 Å². The Balaban J connectivity index is 1.67. The van der Waals surface area contributed by atoms with Gasteiger partial charge < -0.3 is 5.73 Å². The molecule has 3 aromatic rings. The van der Waals surface area contributed by atoms with Gasteiger partial charge in [-0.05, 0) is 24.1 Å². The number of nitrogens with zero attached hydrogens (tertiary/aromatic N) is 6. The first-order valence-corrected chi connectivity index (χ1v) is 7.53. The van der Waals surface area contributed by atoms with Crippen molar-refractivity contribution in [2.45, 2.75) is 26.1 Å². The maximum Gasteiger partial charge on any atom is 0.252 e. The maximum atomic E-state index is 5.82. The Morgan fingerprint density at radius 1 is 1.04 bits per heavy atom. The van der Waals surface area contributed by atoms with Crippen molar-refractivity contribution in [3.05, 3.63) is 59.7 Å². The molecule has 2 aromatic heterocycles. The van der Waals surface area contributed by atoms with Crippen LogP contribution >= 0.6 is 0 Å². The second-order valence-electron chi connectivity index (χ2n) is 5.64. The zero-order chi connectivity index (χ0) is 15.8. The molecule has 0 amide bonds. The highest BCUT2D eigenvalue weighted by atomic mass is 15.4. The summed E-state index contributed by atoms with van der Waals surface area (Å²) in [7, 11) is 0. The lowest BCUT2D eigenvalue weighted by Crippen LogP contribution is -2.24. The van der Waals surface area contributed by atoms with Crippen LogP contribution in [0.1, 0.15) is 29.9 Å². The lowest BCUT2D eigenvalue weighted by Gasteiger charge is -2.22. The summed E-state index contributed by atoms with van der Waals surface area (Å²) in [4.78, 5) is 15.2. The molecule has 4 rings (SSSR count). The minimum absolute atomic E-state index is 0.0519. The summed E-state index contributed by atoms with van der Waals surface area (Å²) in [5.41, 5.74) is 8.53. The molecule has 0 spiro atoms. The van der Waals surface area contributed by atoms with E-state index in [2.05, 4.69) is 56.1 Å². The topological polar surface area (TPSA) is 85.8 Å². The molecule has 23 heavy (non-hydrogen) atoms. The van der Waals surface area contributed by atoms with Gasteiger partial charge in [0.15, 0.2) is 5.82 Å². The average Bonchev–Trinajstić information content (AvgIpc) is 3.18. The van der Waals surface area contributed by atoms with Gasteiger partial charge in [-0.3, -0.25) is 4.90 Å². The van der Waals surface area contributed by atoms with Crippen molar-refractivity contribution >= 4 is 5.95 Å². The van der Waals surface area contributed by atoms with Gasteiger partial charge in [-0.15, -0.1) is 5.10 Å². The van der Waals surface area contributed by atoms with Crippen molar-refractivity contribution in [1.82, 2.24) is 29.6 Å². The Bertz CT molecular complexity index is 802. The van der Waals surface area contributed by atoms with E-state index in [0.717, 1.165) is 18.9 Å². The third-order valence-corrected chi connectivity index (χ3v) is 4.18. The Hall–Kier alpha value is -2.80. The molecule has 2 N–H and O–H groups in total. The molecule has 0 aliphatic carbocycles. The third kappa shape index (κ3) is 2.44. The van der Waals surface area contributed by atoms with Gasteiger partial charge in [0.2, 0.25) is 5.95 Å². The lowest BCUT2D eigenvalue weighted by atomic mass is 10.1. The molecule has 0 bridgehead atoms. The minimum atomic E-state index is 0.0519. The van der Waals surface area contributed by atoms with Gasteiger partial charge in [-0.25, -0.2) is 9.97 Å². The zero-order valence-corrected chi connectivity index (χ0v) is 12.8. The van der Waals surface area contributed by atoms with Crippen LogP contribution in [0.5, 0.6) is 0 Å². The van der Waals surface area contributed by atoms with E-state index in [0.29, 0.717) is 5.95 Å². The summed E-state index contributed by atoms with van der Waals surface area (Å²) in [5.74, 6) is 1.47. The Morgan fingerprint density at radius 2 is 1.70 bits per heavy atom. The molecule has 7 nitrogen and oxygen atoms in total. The molecular formula is C16H17N7. The number of benzene rings is 1. The van der Waals surface area contributed by atoms with Gasteiger partial charge in [0.1, 0.15) is 0 Å². The first-order valence-electron chi connectivity index (χ1n) is 7.53. The van der Waals surface area contributed by atoms with Crippen molar-refractivity contribution in [3.8, 4) is 5.95 Å². The van der Waals surface area contributed by atoms with Gasteiger partial charge in [-0.2, -0.15) is 9.67 Å². The fourth-order valence-corrected chi connectivity index (χ4v) is 2.96. The number of nitrogen functional groups attached to an aromatic ring is 1. The van der Waals surface area contributed by atoms with E-state index in [1.165, 1.54) is 11.1 Å². The fourth-order valence-electron chi connectivity index (χ4n) is 2.96. The van der Waals surface area contributed by atoms with E-state index >= 15 is 0 Å². The van der Waals surface area contributed by atoms with E-state index in [4.69, 9.17) is 5.73 Å². The second kappa shape index (κ2) is 5.44. The molecule has 0 saturated heterocycles. The number of hydrogen-bond acceptors (Lipinski definition) is 6. The number of hydrogen-bond donors (Lipinski definition) is 1. The van der Waals surface area contributed by atoms with Crippen molar-refractivity contribution in [2.75, 3.05) is 5.73 Å². The second-order valence-corrected chi connectivity index (χ2v) is 5.64. The molecule has 7 heteroatoms. The van der Waals surface area contributed by atoms with Gasteiger partial charge in [0, 0.05) is 25.5 Å². The molecule has 1 atom stereocenters. The first-order chi connectivity index (χ1) is 11.2. The van der Waals surface area contributed by atoms with Crippen LogP contribution in [0.15, 0.2) is 42.7 Å². The number of anilines is 1. The van der Waals surface area contributed by atoms with Crippen LogP contribution in [0.2, 0.25) is 0 Å². The molecule has 3 heterocycles. The summed E-state index contributed by atoms with van der Waals surface area (Å²) >= 11 is 0. The van der Waals surface area contributed by atoms with Crippen molar-refractivity contribution in [1.29, 1.82) is 0 Å². The smallest absolute Gasteiger partial charge is 0.252 e. The Morgan fingerprint density at radius 3 is 2.35 bits per heavy atom. The first kappa shape index (κ1) is 13.8. The third-order valence-electron chi connectivity index (χ3n) is 4.18. The average molecular weight is 307 g/mol. The zero-order valence-electron chi connectivity index (χ0n) is 12.8. The monoisotopic (exact) mass is 307 g/mol. The van der Waals surface area contributed by atoms with E-state index in [-0.39, 0.29) is 12.0 Å². The van der Waals surface area contributed by atoms with Crippen LogP contribution < -0.4 is 5.73 Å². The standard InChI is InChI=1S/C16H17N7/c1-11(22-9-12-5-2-3-6-13(12)10-22)14-20-15(17)21-23(14)16-18-7-4-8-19-16/h2-8,11H,9-10H2,1H3,(H2,17,21). The highest BCUT2D eigenvalue weighted by Crippen LogP contribution is 2.30. The molecule has 1 aliphatic rings. The molecule has 1 aliphatic heterocycles. The SMILES string of the molecule is CC(c1nc(N)nn1-c1ncccn1)N1Cc2ccccc2C1. The summed E-state index contributed by atoms with van der Waals surface area (Å²) in [6.07, 6.45) is 3.36. The number of fused-ring (bicyclic) bond motifs is 1. The maximum absolute atomic E-state index is 5.82. The summed E-state index contributed by atoms with van der Waals surface area (Å²) in [6, 6.07) is 10.3. The van der Waals surface area contributed by atoms with Crippen molar-refractivity contribution < 1.29 is 0 Å². The lowest BCUT2D eigenvalue weighted by molar-refractivity contribution is 0.204. The summed E-state index contributed by atoms with van der Waals surface area (Å²) in [5, 5.41) is 4.25. The Labute approximate surface area is 133 Å². The van der Waals surface area contributed by atoms with Crippen molar-refractivity contribution in [3.63, 3.8) is 0 Å². The number of rotatable bonds is 3. The summed E-state index contributed by atoms with van der Waals surface area (Å²) < 4.78 is 1.63. The normalized spacial score (nSPS) is 15.5. The number of nitrogens with two attached hydrogens (primary N) is 1. The predicted octanol–water partition coefficient (Wildman–Crippen LogP) is 1.72. The minimum Gasteiger partial charge on any atom is -0.366 e. The van der Waals surface area contributed by atoms with E-state index < -0.39 is 0 Å². The van der Waals surface area contributed by atoms with Crippen LogP contribution in [0.3, 0.4) is 0 Å². The molecule has 0 saturated carbocycles. The Kier molecular flexibility index (Phi) is 3.27. The van der Waals surface area contributed by atoms with Gasteiger partial charge >= 0.3 is 0 Å². The van der Waals surface area contributed by atoms with Crippen molar-refractivity contribution in [2.24, 2.45) is 0 Å². The summed E-state index contributed by atoms with van der Waals surface area (Å²) in [6.45, 7) is 3.88. The van der Waals surface area contributed by atoms with Crippen LogP contribution in [-0.2, 0) is 13.1 Å². The molecular weight excluding hydrogens is 290 g/mol. The molecule has 116 valence electrons.